The van der Waals surface area contributed by atoms with E-state index in [-0.39, 0.29) is 11.9 Å². The van der Waals surface area contributed by atoms with Crippen molar-refractivity contribution in [2.45, 2.75) is 70.3 Å². The first-order valence-electron chi connectivity index (χ1n) is 11.7. The van der Waals surface area contributed by atoms with Crippen LogP contribution in [0.2, 0.25) is 0 Å². The highest BCUT2D eigenvalue weighted by atomic mass is 16.6. The third kappa shape index (κ3) is 4.79. The topological polar surface area (TPSA) is 76.2 Å². The summed E-state index contributed by atoms with van der Waals surface area (Å²) >= 11 is 0. The minimum absolute atomic E-state index is 0.255. The Bertz CT molecular complexity index is 1060. The molecule has 2 aliphatic heterocycles. The lowest BCUT2D eigenvalue weighted by molar-refractivity contribution is -0.155. The number of likely N-dealkylation sites (tertiary alicyclic amines) is 1. The van der Waals surface area contributed by atoms with Gasteiger partial charge >= 0.3 is 12.1 Å². The van der Waals surface area contributed by atoms with E-state index in [1.165, 1.54) is 7.11 Å². The number of fused-ring (bicyclic) bond motifs is 1. The summed E-state index contributed by atoms with van der Waals surface area (Å²) < 4.78 is 10.8. The average molecular weight is 465 g/mol. The molecule has 4 rings (SSSR count). The van der Waals surface area contributed by atoms with Gasteiger partial charge in [0.15, 0.2) is 0 Å². The van der Waals surface area contributed by atoms with Crippen molar-refractivity contribution in [1.29, 1.82) is 0 Å². The Morgan fingerprint density at radius 1 is 0.882 bits per heavy atom. The van der Waals surface area contributed by atoms with Crippen LogP contribution in [-0.2, 0) is 32.0 Å². The Labute approximate surface area is 200 Å². The van der Waals surface area contributed by atoms with Gasteiger partial charge in [0.2, 0.25) is 5.91 Å². The lowest BCUT2D eigenvalue weighted by Gasteiger charge is -2.39. The van der Waals surface area contributed by atoms with Gasteiger partial charge in [-0.3, -0.25) is 9.69 Å². The van der Waals surface area contributed by atoms with E-state index in [2.05, 4.69) is 0 Å². The molecular weight excluding hydrogens is 432 g/mol. The largest absolute Gasteiger partial charge is 0.467 e. The molecule has 0 bridgehead atoms. The van der Waals surface area contributed by atoms with Crippen LogP contribution < -0.4 is 0 Å². The molecule has 2 heterocycles. The van der Waals surface area contributed by atoms with Crippen molar-refractivity contribution in [3.05, 3.63) is 71.3 Å². The fourth-order valence-electron chi connectivity index (χ4n) is 4.92. The van der Waals surface area contributed by atoms with E-state index in [1.807, 2.05) is 75.4 Å². The Kier molecular flexibility index (Phi) is 6.64. The van der Waals surface area contributed by atoms with E-state index < -0.39 is 29.7 Å². The lowest BCUT2D eigenvalue weighted by atomic mass is 9.93. The number of carbonyl (C=O) groups excluding carboxylic acids is 3. The molecule has 2 aromatic rings. The second-order valence-electron chi connectivity index (χ2n) is 9.89. The SMILES string of the molecule is COC(=O)[C@H]1Cc2ccccc2CN1C(=O)[C@H]1CC[C@@H](c2ccccc2)N1C(=O)OC(C)(C)C. The average Bonchev–Trinajstić information content (AvgIpc) is 3.27. The second-order valence-corrected chi connectivity index (χ2v) is 9.89. The van der Waals surface area contributed by atoms with Gasteiger partial charge in [-0.2, -0.15) is 0 Å². The predicted molar refractivity (Wildman–Crippen MR) is 127 cm³/mol. The third-order valence-electron chi connectivity index (χ3n) is 6.46. The minimum Gasteiger partial charge on any atom is -0.467 e. The number of rotatable bonds is 3. The Morgan fingerprint density at radius 2 is 1.53 bits per heavy atom. The number of amides is 2. The maximum atomic E-state index is 14.0. The molecule has 7 nitrogen and oxygen atoms in total. The summed E-state index contributed by atoms with van der Waals surface area (Å²) in [7, 11) is 1.33. The van der Waals surface area contributed by atoms with Gasteiger partial charge in [0.05, 0.1) is 13.2 Å². The molecule has 0 N–H and O–H groups in total. The highest BCUT2D eigenvalue weighted by molar-refractivity contribution is 5.91. The van der Waals surface area contributed by atoms with Crippen molar-refractivity contribution in [1.82, 2.24) is 9.80 Å². The van der Waals surface area contributed by atoms with E-state index in [9.17, 15) is 14.4 Å². The molecular formula is C27H32N2O5. The molecule has 1 saturated heterocycles. The standard InChI is InChI=1S/C27H32N2O5/c1-27(2,3)34-26(32)29-21(18-10-6-5-7-11-18)14-15-22(29)24(30)28-17-20-13-9-8-12-19(20)16-23(28)25(31)33-4/h5-13,21-23H,14-17H2,1-4H3/t21-,22+,23+/m0/s1. The van der Waals surface area contributed by atoms with E-state index in [0.717, 1.165) is 16.7 Å². The van der Waals surface area contributed by atoms with Gasteiger partial charge in [0, 0.05) is 13.0 Å². The number of hydrogen-bond acceptors (Lipinski definition) is 5. The van der Waals surface area contributed by atoms with Crippen LogP contribution >= 0.6 is 0 Å². The first-order valence-corrected chi connectivity index (χ1v) is 11.7. The molecule has 2 amide bonds. The maximum absolute atomic E-state index is 14.0. The molecule has 0 unspecified atom stereocenters. The summed E-state index contributed by atoms with van der Waals surface area (Å²) in [5.74, 6) is -0.710. The third-order valence-corrected chi connectivity index (χ3v) is 6.46. The zero-order valence-electron chi connectivity index (χ0n) is 20.2. The number of nitrogens with zero attached hydrogens (tertiary/aromatic N) is 2. The van der Waals surface area contributed by atoms with Crippen LogP contribution in [0.25, 0.3) is 0 Å². The van der Waals surface area contributed by atoms with Crippen molar-refractivity contribution >= 4 is 18.0 Å². The highest BCUT2D eigenvalue weighted by Gasteiger charge is 2.47. The molecule has 0 spiro atoms. The van der Waals surface area contributed by atoms with Gasteiger partial charge in [-0.25, -0.2) is 9.59 Å². The zero-order valence-corrected chi connectivity index (χ0v) is 20.2. The van der Waals surface area contributed by atoms with Gasteiger partial charge in [-0.05, 0) is 50.3 Å². The highest BCUT2D eigenvalue weighted by Crippen LogP contribution is 2.39. The molecule has 7 heteroatoms. The number of methoxy groups -OCH3 is 1. The van der Waals surface area contributed by atoms with Gasteiger partial charge in [0.1, 0.15) is 17.7 Å². The molecule has 0 saturated carbocycles. The quantitative estimate of drug-likeness (QED) is 0.635. The van der Waals surface area contributed by atoms with Crippen LogP contribution in [0.5, 0.6) is 0 Å². The number of benzene rings is 2. The van der Waals surface area contributed by atoms with E-state index in [1.54, 1.807) is 9.80 Å². The van der Waals surface area contributed by atoms with Crippen molar-refractivity contribution in [2.24, 2.45) is 0 Å². The fourth-order valence-corrected chi connectivity index (χ4v) is 4.92. The number of hydrogen-bond donors (Lipinski definition) is 0. The van der Waals surface area contributed by atoms with Crippen LogP contribution in [0.4, 0.5) is 4.79 Å². The normalized spacial score (nSPS) is 22.2. The van der Waals surface area contributed by atoms with Crippen LogP contribution in [0, 0.1) is 0 Å². The number of esters is 1. The fraction of sp³-hybridized carbons (Fsp3) is 0.444. The zero-order chi connectivity index (χ0) is 24.5. The van der Waals surface area contributed by atoms with Crippen LogP contribution in [0.15, 0.2) is 54.6 Å². The monoisotopic (exact) mass is 464 g/mol. The predicted octanol–water partition coefficient (Wildman–Crippen LogP) is 4.25. The Hall–Kier alpha value is -3.35. The van der Waals surface area contributed by atoms with Gasteiger partial charge in [-0.15, -0.1) is 0 Å². The Balaban J connectivity index is 1.68. The molecule has 0 aliphatic carbocycles. The molecule has 2 aromatic carbocycles. The molecule has 180 valence electrons. The first-order chi connectivity index (χ1) is 16.2. The summed E-state index contributed by atoms with van der Waals surface area (Å²) in [6, 6.07) is 15.7. The minimum atomic E-state index is -0.733. The van der Waals surface area contributed by atoms with E-state index in [0.29, 0.717) is 25.8 Å². The summed E-state index contributed by atoms with van der Waals surface area (Å²) in [4.78, 5) is 43.1. The summed E-state index contributed by atoms with van der Waals surface area (Å²) in [5.41, 5.74) is 2.28. The van der Waals surface area contributed by atoms with Crippen LogP contribution in [0.1, 0.15) is 56.3 Å². The van der Waals surface area contributed by atoms with Crippen molar-refractivity contribution in [3.8, 4) is 0 Å². The maximum Gasteiger partial charge on any atom is 0.411 e. The van der Waals surface area contributed by atoms with E-state index in [4.69, 9.17) is 9.47 Å². The molecule has 0 aromatic heterocycles. The lowest BCUT2D eigenvalue weighted by Crippen LogP contribution is -2.56. The van der Waals surface area contributed by atoms with Crippen LogP contribution in [-0.4, -0.2) is 52.6 Å². The van der Waals surface area contributed by atoms with Gasteiger partial charge < -0.3 is 14.4 Å². The van der Waals surface area contributed by atoms with Crippen molar-refractivity contribution in [3.63, 3.8) is 0 Å². The van der Waals surface area contributed by atoms with Gasteiger partial charge in [0.25, 0.3) is 0 Å². The molecule has 0 radical (unpaired) electrons. The number of ether oxygens (including phenoxy) is 2. The van der Waals surface area contributed by atoms with Crippen molar-refractivity contribution < 1.29 is 23.9 Å². The smallest absolute Gasteiger partial charge is 0.411 e. The molecule has 1 fully saturated rings. The number of carbonyl (C=O) groups is 3. The first kappa shape index (κ1) is 23.8. The molecule has 34 heavy (non-hydrogen) atoms. The second kappa shape index (κ2) is 9.49. The van der Waals surface area contributed by atoms with Gasteiger partial charge in [-0.1, -0.05) is 54.6 Å². The van der Waals surface area contributed by atoms with Crippen LogP contribution in [0.3, 0.4) is 0 Å². The van der Waals surface area contributed by atoms with Crippen molar-refractivity contribution in [2.75, 3.05) is 7.11 Å². The summed E-state index contributed by atoms with van der Waals surface area (Å²) in [5, 5.41) is 0. The summed E-state index contributed by atoms with van der Waals surface area (Å²) in [6.45, 7) is 5.72. The molecule has 2 aliphatic rings. The summed E-state index contributed by atoms with van der Waals surface area (Å²) in [6.07, 6.45) is 0.983. The molecule has 3 atom stereocenters. The Morgan fingerprint density at radius 3 is 2.18 bits per heavy atom. The van der Waals surface area contributed by atoms with E-state index >= 15 is 0 Å².